The van der Waals surface area contributed by atoms with Gasteiger partial charge in [0, 0.05) is 17.6 Å². The van der Waals surface area contributed by atoms with Crippen molar-refractivity contribution in [3.63, 3.8) is 0 Å². The Morgan fingerprint density at radius 3 is 2.87 bits per heavy atom. The molecular weight excluding hydrogens is 208 g/mol. The molecule has 80 valence electrons. The molecule has 1 unspecified atom stereocenters. The van der Waals surface area contributed by atoms with E-state index in [9.17, 15) is 0 Å². The van der Waals surface area contributed by atoms with Crippen LogP contribution in [-0.2, 0) is 6.54 Å². The van der Waals surface area contributed by atoms with E-state index < -0.39 is 0 Å². The zero-order valence-corrected chi connectivity index (χ0v) is 9.80. The SMILES string of the molecule is Cc1ccc(CNC(C)CC#N)c(Cl)c1. The second-order valence-electron chi connectivity index (χ2n) is 3.74. The van der Waals surface area contributed by atoms with Gasteiger partial charge in [-0.15, -0.1) is 0 Å². The topological polar surface area (TPSA) is 35.8 Å². The molecule has 0 aliphatic heterocycles. The lowest BCUT2D eigenvalue weighted by molar-refractivity contribution is 0.557. The highest BCUT2D eigenvalue weighted by Gasteiger charge is 2.03. The lowest BCUT2D eigenvalue weighted by Crippen LogP contribution is -2.24. The largest absolute Gasteiger partial charge is 0.309 e. The first-order valence-corrected chi connectivity index (χ1v) is 5.36. The van der Waals surface area contributed by atoms with Crippen molar-refractivity contribution in [1.29, 1.82) is 5.26 Å². The van der Waals surface area contributed by atoms with Gasteiger partial charge < -0.3 is 5.32 Å². The van der Waals surface area contributed by atoms with E-state index in [0.717, 1.165) is 16.1 Å². The molecule has 0 aliphatic carbocycles. The average Bonchev–Trinajstić information content (AvgIpc) is 2.17. The molecule has 0 amide bonds. The third kappa shape index (κ3) is 3.91. The van der Waals surface area contributed by atoms with Crippen LogP contribution in [0, 0.1) is 18.3 Å². The maximum Gasteiger partial charge on any atom is 0.0638 e. The fraction of sp³-hybridized carbons (Fsp3) is 0.417. The summed E-state index contributed by atoms with van der Waals surface area (Å²) in [5, 5.41) is 12.5. The number of nitrogens with one attached hydrogen (secondary N) is 1. The number of benzene rings is 1. The van der Waals surface area contributed by atoms with Crippen LogP contribution in [0.5, 0.6) is 0 Å². The second kappa shape index (κ2) is 5.75. The minimum Gasteiger partial charge on any atom is -0.309 e. The summed E-state index contributed by atoms with van der Waals surface area (Å²) < 4.78 is 0. The molecule has 2 nitrogen and oxygen atoms in total. The minimum atomic E-state index is 0.201. The molecular formula is C12H15ClN2. The summed E-state index contributed by atoms with van der Waals surface area (Å²) in [6.45, 7) is 4.72. The summed E-state index contributed by atoms with van der Waals surface area (Å²) >= 11 is 6.09. The van der Waals surface area contributed by atoms with Gasteiger partial charge in [0.2, 0.25) is 0 Å². The van der Waals surface area contributed by atoms with Crippen molar-refractivity contribution in [2.75, 3.05) is 0 Å². The van der Waals surface area contributed by atoms with Crippen LogP contribution >= 0.6 is 11.6 Å². The van der Waals surface area contributed by atoms with E-state index in [0.29, 0.717) is 13.0 Å². The van der Waals surface area contributed by atoms with Gasteiger partial charge in [-0.1, -0.05) is 23.7 Å². The van der Waals surface area contributed by atoms with E-state index in [1.165, 1.54) is 0 Å². The van der Waals surface area contributed by atoms with Crippen LogP contribution in [0.15, 0.2) is 18.2 Å². The van der Waals surface area contributed by atoms with Crippen molar-refractivity contribution in [2.45, 2.75) is 32.9 Å². The van der Waals surface area contributed by atoms with Gasteiger partial charge in [-0.2, -0.15) is 5.26 Å². The molecule has 3 heteroatoms. The Kier molecular flexibility index (Phi) is 4.61. The molecule has 1 aromatic carbocycles. The van der Waals surface area contributed by atoms with Gasteiger partial charge in [0.25, 0.3) is 0 Å². The zero-order valence-electron chi connectivity index (χ0n) is 9.05. The second-order valence-corrected chi connectivity index (χ2v) is 4.15. The van der Waals surface area contributed by atoms with Crippen molar-refractivity contribution >= 4 is 11.6 Å². The van der Waals surface area contributed by atoms with Crippen LogP contribution < -0.4 is 5.32 Å². The molecule has 1 rings (SSSR count). The fourth-order valence-corrected chi connectivity index (χ4v) is 1.59. The molecule has 1 aromatic rings. The first-order chi connectivity index (χ1) is 7.13. The number of halogens is 1. The van der Waals surface area contributed by atoms with Crippen LogP contribution in [-0.4, -0.2) is 6.04 Å². The number of hydrogen-bond acceptors (Lipinski definition) is 2. The van der Waals surface area contributed by atoms with E-state index in [4.69, 9.17) is 16.9 Å². The predicted molar refractivity (Wildman–Crippen MR) is 62.7 cm³/mol. The van der Waals surface area contributed by atoms with Gasteiger partial charge in [-0.3, -0.25) is 0 Å². The van der Waals surface area contributed by atoms with E-state index in [1.54, 1.807) is 0 Å². The van der Waals surface area contributed by atoms with Crippen LogP contribution in [0.25, 0.3) is 0 Å². The Hall–Kier alpha value is -1.04. The molecule has 0 heterocycles. The third-order valence-corrected chi connectivity index (χ3v) is 2.60. The molecule has 0 fully saturated rings. The van der Waals surface area contributed by atoms with Gasteiger partial charge in [-0.25, -0.2) is 0 Å². The molecule has 0 saturated carbocycles. The zero-order chi connectivity index (χ0) is 11.3. The minimum absolute atomic E-state index is 0.201. The van der Waals surface area contributed by atoms with Gasteiger partial charge in [-0.05, 0) is 31.0 Å². The average molecular weight is 223 g/mol. The molecule has 0 aliphatic rings. The van der Waals surface area contributed by atoms with Gasteiger partial charge in [0.05, 0.1) is 12.5 Å². The molecule has 0 aromatic heterocycles. The van der Waals surface area contributed by atoms with Crippen LogP contribution in [0.3, 0.4) is 0 Å². The molecule has 0 radical (unpaired) electrons. The number of rotatable bonds is 4. The standard InChI is InChI=1S/C12H15ClN2/c1-9-3-4-11(12(13)7-9)8-15-10(2)5-6-14/h3-4,7,10,15H,5,8H2,1-2H3. The summed E-state index contributed by atoms with van der Waals surface area (Å²) in [4.78, 5) is 0. The van der Waals surface area contributed by atoms with Crippen molar-refractivity contribution in [3.05, 3.63) is 34.3 Å². The first kappa shape index (κ1) is 12.0. The first-order valence-electron chi connectivity index (χ1n) is 4.99. The fourth-order valence-electron chi connectivity index (χ4n) is 1.29. The van der Waals surface area contributed by atoms with Crippen LogP contribution in [0.4, 0.5) is 0 Å². The van der Waals surface area contributed by atoms with E-state index in [-0.39, 0.29) is 6.04 Å². The maximum absolute atomic E-state index is 8.51. The molecule has 1 atom stereocenters. The highest BCUT2D eigenvalue weighted by Crippen LogP contribution is 2.17. The Morgan fingerprint density at radius 1 is 1.53 bits per heavy atom. The van der Waals surface area contributed by atoms with E-state index >= 15 is 0 Å². The summed E-state index contributed by atoms with van der Waals surface area (Å²) in [6.07, 6.45) is 0.517. The third-order valence-electron chi connectivity index (χ3n) is 2.25. The summed E-state index contributed by atoms with van der Waals surface area (Å²) in [5.41, 5.74) is 2.24. The Bertz CT molecular complexity index is 368. The normalized spacial score (nSPS) is 12.1. The summed E-state index contributed by atoms with van der Waals surface area (Å²) in [6, 6.07) is 8.34. The monoisotopic (exact) mass is 222 g/mol. The lowest BCUT2D eigenvalue weighted by atomic mass is 10.1. The molecule has 15 heavy (non-hydrogen) atoms. The highest BCUT2D eigenvalue weighted by atomic mass is 35.5. The number of nitrogens with zero attached hydrogens (tertiary/aromatic N) is 1. The van der Waals surface area contributed by atoms with Crippen molar-refractivity contribution in [1.82, 2.24) is 5.32 Å². The number of hydrogen-bond donors (Lipinski definition) is 1. The molecule has 1 N–H and O–H groups in total. The van der Waals surface area contributed by atoms with Crippen molar-refractivity contribution in [3.8, 4) is 6.07 Å². The van der Waals surface area contributed by atoms with Gasteiger partial charge >= 0.3 is 0 Å². The van der Waals surface area contributed by atoms with Crippen molar-refractivity contribution < 1.29 is 0 Å². The number of aryl methyl sites for hydroxylation is 1. The van der Waals surface area contributed by atoms with E-state index in [2.05, 4.69) is 11.4 Å². The summed E-state index contributed by atoms with van der Waals surface area (Å²) in [5.74, 6) is 0. The lowest BCUT2D eigenvalue weighted by Gasteiger charge is -2.11. The summed E-state index contributed by atoms with van der Waals surface area (Å²) in [7, 11) is 0. The van der Waals surface area contributed by atoms with E-state index in [1.807, 2.05) is 32.0 Å². The predicted octanol–water partition coefficient (Wildman–Crippen LogP) is 3.04. The Balaban J connectivity index is 2.55. The number of nitriles is 1. The maximum atomic E-state index is 8.51. The molecule has 0 spiro atoms. The highest BCUT2D eigenvalue weighted by molar-refractivity contribution is 6.31. The van der Waals surface area contributed by atoms with Crippen LogP contribution in [0.2, 0.25) is 5.02 Å². The quantitative estimate of drug-likeness (QED) is 0.850. The Labute approximate surface area is 95.9 Å². The molecule has 0 bridgehead atoms. The van der Waals surface area contributed by atoms with Gasteiger partial charge in [0.15, 0.2) is 0 Å². The molecule has 0 saturated heterocycles. The smallest absolute Gasteiger partial charge is 0.0638 e. The van der Waals surface area contributed by atoms with Crippen molar-refractivity contribution in [2.24, 2.45) is 0 Å². The van der Waals surface area contributed by atoms with Gasteiger partial charge in [0.1, 0.15) is 0 Å². The Morgan fingerprint density at radius 2 is 2.27 bits per heavy atom. The van der Waals surface area contributed by atoms with Crippen LogP contribution in [0.1, 0.15) is 24.5 Å².